The first-order chi connectivity index (χ1) is 7.63. The fraction of sp³-hybridized carbons (Fsp3) is 0.417. The first-order valence-electron chi connectivity index (χ1n) is 5.20. The van der Waals surface area contributed by atoms with Gasteiger partial charge in [-0.05, 0) is 18.9 Å². The van der Waals surface area contributed by atoms with Crippen molar-refractivity contribution in [1.82, 2.24) is 0 Å². The highest BCUT2D eigenvalue weighted by atomic mass is 19.2. The Hall–Kier alpha value is -1.45. The second-order valence-electron chi connectivity index (χ2n) is 3.96. The van der Waals surface area contributed by atoms with Crippen LogP contribution in [0.1, 0.15) is 29.6 Å². The number of ether oxygens (including phenoxy) is 1. The van der Waals surface area contributed by atoms with Crippen molar-refractivity contribution in [3.05, 3.63) is 29.3 Å². The number of halogens is 2. The minimum Gasteiger partial charge on any atom is -0.496 e. The molecule has 2 nitrogen and oxygen atoms in total. The summed E-state index contributed by atoms with van der Waals surface area (Å²) >= 11 is 0. The summed E-state index contributed by atoms with van der Waals surface area (Å²) in [5.41, 5.74) is 0.145. The molecule has 0 spiro atoms. The quantitative estimate of drug-likeness (QED) is 0.740. The van der Waals surface area contributed by atoms with Gasteiger partial charge in [0, 0.05) is 12.0 Å². The summed E-state index contributed by atoms with van der Waals surface area (Å²) in [6.07, 6.45) is 2.66. The van der Waals surface area contributed by atoms with Gasteiger partial charge in [0.05, 0.1) is 12.7 Å². The third-order valence-electron chi connectivity index (χ3n) is 2.98. The SMILES string of the molecule is COc1cc(F)c(F)cc1C(=O)C1CCC1. The molecule has 4 heteroatoms. The van der Waals surface area contributed by atoms with Crippen LogP contribution >= 0.6 is 0 Å². The molecular weight excluding hydrogens is 214 g/mol. The Bertz CT molecular complexity index is 425. The van der Waals surface area contributed by atoms with Crippen molar-refractivity contribution in [2.24, 2.45) is 5.92 Å². The predicted octanol–water partition coefficient (Wildman–Crippen LogP) is 2.96. The van der Waals surface area contributed by atoms with Gasteiger partial charge in [0.1, 0.15) is 5.75 Å². The van der Waals surface area contributed by atoms with E-state index in [1.54, 1.807) is 0 Å². The van der Waals surface area contributed by atoms with Gasteiger partial charge < -0.3 is 4.74 Å². The van der Waals surface area contributed by atoms with E-state index in [2.05, 4.69) is 0 Å². The molecular formula is C12H12F2O2. The molecule has 0 heterocycles. The Labute approximate surface area is 92.2 Å². The molecule has 0 atom stereocenters. The molecule has 0 aromatic heterocycles. The van der Waals surface area contributed by atoms with Crippen LogP contribution in [-0.4, -0.2) is 12.9 Å². The highest BCUT2D eigenvalue weighted by molar-refractivity contribution is 6.00. The molecule has 0 unspecified atom stereocenters. The lowest BCUT2D eigenvalue weighted by molar-refractivity contribution is 0.0851. The average Bonchev–Trinajstić information content (AvgIpc) is 2.18. The van der Waals surface area contributed by atoms with Gasteiger partial charge in [-0.1, -0.05) is 6.42 Å². The maximum atomic E-state index is 13.1. The highest BCUT2D eigenvalue weighted by Crippen LogP contribution is 2.33. The van der Waals surface area contributed by atoms with Crippen LogP contribution in [0.15, 0.2) is 12.1 Å². The summed E-state index contributed by atoms with van der Waals surface area (Å²) in [6, 6.07) is 1.84. The summed E-state index contributed by atoms with van der Waals surface area (Å²) in [7, 11) is 1.34. The maximum Gasteiger partial charge on any atom is 0.169 e. The lowest BCUT2D eigenvalue weighted by atomic mass is 9.80. The van der Waals surface area contributed by atoms with E-state index in [0.29, 0.717) is 0 Å². The first-order valence-corrected chi connectivity index (χ1v) is 5.20. The van der Waals surface area contributed by atoms with E-state index in [0.717, 1.165) is 31.4 Å². The van der Waals surface area contributed by atoms with Crippen LogP contribution in [0.5, 0.6) is 5.75 Å². The summed E-state index contributed by atoms with van der Waals surface area (Å²) in [4.78, 5) is 11.9. The van der Waals surface area contributed by atoms with E-state index >= 15 is 0 Å². The molecule has 1 saturated carbocycles. The molecule has 1 aromatic carbocycles. The number of ketones is 1. The van der Waals surface area contributed by atoms with Gasteiger partial charge in [0.15, 0.2) is 17.4 Å². The lowest BCUT2D eigenvalue weighted by Gasteiger charge is -2.24. The van der Waals surface area contributed by atoms with Gasteiger partial charge in [-0.2, -0.15) is 0 Å². The summed E-state index contributed by atoms with van der Waals surface area (Å²) in [6.45, 7) is 0. The van der Waals surface area contributed by atoms with Gasteiger partial charge in [-0.15, -0.1) is 0 Å². The minimum absolute atomic E-state index is 0.0567. The Morgan fingerprint density at radius 2 is 1.94 bits per heavy atom. The molecule has 2 rings (SSSR count). The molecule has 1 fully saturated rings. The van der Waals surface area contributed by atoms with Gasteiger partial charge >= 0.3 is 0 Å². The lowest BCUT2D eigenvalue weighted by Crippen LogP contribution is -2.22. The second kappa shape index (κ2) is 4.20. The predicted molar refractivity (Wildman–Crippen MR) is 54.6 cm³/mol. The second-order valence-corrected chi connectivity index (χ2v) is 3.96. The molecule has 1 aromatic rings. The molecule has 16 heavy (non-hydrogen) atoms. The Morgan fingerprint density at radius 3 is 2.44 bits per heavy atom. The molecule has 0 N–H and O–H groups in total. The average molecular weight is 226 g/mol. The number of carbonyl (C=O) groups excluding carboxylic acids is 1. The van der Waals surface area contributed by atoms with Crippen LogP contribution in [0.3, 0.4) is 0 Å². The molecule has 0 saturated heterocycles. The number of methoxy groups -OCH3 is 1. The number of rotatable bonds is 3. The normalized spacial score (nSPS) is 15.7. The van der Waals surface area contributed by atoms with Crippen LogP contribution in [0.4, 0.5) is 8.78 Å². The number of carbonyl (C=O) groups is 1. The third kappa shape index (κ3) is 1.79. The van der Waals surface area contributed by atoms with Crippen LogP contribution in [0.25, 0.3) is 0 Å². The zero-order chi connectivity index (χ0) is 11.7. The standard InChI is InChI=1S/C12H12F2O2/c1-16-11-6-10(14)9(13)5-8(11)12(15)7-3-2-4-7/h5-7H,2-4H2,1H3. The van der Waals surface area contributed by atoms with Crippen molar-refractivity contribution in [2.75, 3.05) is 7.11 Å². The molecule has 0 aliphatic heterocycles. The molecule has 0 amide bonds. The Morgan fingerprint density at radius 1 is 1.31 bits per heavy atom. The van der Waals surface area contributed by atoms with Crippen molar-refractivity contribution in [3.8, 4) is 5.75 Å². The highest BCUT2D eigenvalue weighted by Gasteiger charge is 2.29. The number of benzene rings is 1. The monoisotopic (exact) mass is 226 g/mol. The molecule has 0 bridgehead atoms. The Kier molecular flexibility index (Phi) is 2.90. The van der Waals surface area contributed by atoms with Crippen LogP contribution in [-0.2, 0) is 0 Å². The smallest absolute Gasteiger partial charge is 0.169 e. The van der Waals surface area contributed by atoms with Crippen molar-refractivity contribution in [1.29, 1.82) is 0 Å². The van der Waals surface area contributed by atoms with E-state index in [-0.39, 0.29) is 23.0 Å². The van der Waals surface area contributed by atoms with E-state index in [4.69, 9.17) is 4.74 Å². The minimum atomic E-state index is -1.01. The van der Waals surface area contributed by atoms with Crippen molar-refractivity contribution in [3.63, 3.8) is 0 Å². The fourth-order valence-electron chi connectivity index (χ4n) is 1.78. The maximum absolute atomic E-state index is 13.1. The van der Waals surface area contributed by atoms with Gasteiger partial charge in [-0.3, -0.25) is 4.79 Å². The molecule has 86 valence electrons. The largest absolute Gasteiger partial charge is 0.496 e. The fourth-order valence-corrected chi connectivity index (χ4v) is 1.78. The van der Waals surface area contributed by atoms with Crippen molar-refractivity contribution < 1.29 is 18.3 Å². The summed E-state index contributed by atoms with van der Waals surface area (Å²) in [5.74, 6) is -2.11. The molecule has 1 aliphatic carbocycles. The zero-order valence-corrected chi connectivity index (χ0v) is 8.93. The topological polar surface area (TPSA) is 26.3 Å². The van der Waals surface area contributed by atoms with Gasteiger partial charge in [0.25, 0.3) is 0 Å². The zero-order valence-electron chi connectivity index (χ0n) is 8.93. The number of hydrogen-bond donors (Lipinski definition) is 0. The van der Waals surface area contributed by atoms with E-state index in [1.165, 1.54) is 7.11 Å². The number of hydrogen-bond acceptors (Lipinski definition) is 2. The molecule has 0 radical (unpaired) electrons. The van der Waals surface area contributed by atoms with Crippen molar-refractivity contribution >= 4 is 5.78 Å². The third-order valence-corrected chi connectivity index (χ3v) is 2.98. The van der Waals surface area contributed by atoms with E-state index < -0.39 is 11.6 Å². The van der Waals surface area contributed by atoms with Gasteiger partial charge in [0.2, 0.25) is 0 Å². The summed E-state index contributed by atoms with van der Waals surface area (Å²) < 4.78 is 30.9. The Balaban J connectivity index is 2.37. The van der Waals surface area contributed by atoms with E-state index in [1.807, 2.05) is 0 Å². The van der Waals surface area contributed by atoms with Crippen LogP contribution in [0, 0.1) is 17.6 Å². The summed E-state index contributed by atoms with van der Waals surface area (Å²) in [5, 5.41) is 0. The van der Waals surface area contributed by atoms with Crippen molar-refractivity contribution in [2.45, 2.75) is 19.3 Å². The molecule has 1 aliphatic rings. The first kappa shape index (κ1) is 11.0. The van der Waals surface area contributed by atoms with Gasteiger partial charge in [-0.25, -0.2) is 8.78 Å². The van der Waals surface area contributed by atoms with Crippen LogP contribution < -0.4 is 4.74 Å². The van der Waals surface area contributed by atoms with E-state index in [9.17, 15) is 13.6 Å². The van der Waals surface area contributed by atoms with Crippen LogP contribution in [0.2, 0.25) is 0 Å². The number of Topliss-reactive ketones (excluding diaryl/α,β-unsaturated/α-hetero) is 1.